The first-order valence-corrected chi connectivity index (χ1v) is 11.1. The lowest BCUT2D eigenvalue weighted by Crippen LogP contribution is -2.45. The van der Waals surface area contributed by atoms with E-state index in [1.807, 2.05) is 13.0 Å². The smallest absolute Gasteiger partial charge is 0.291 e. The normalized spacial score (nSPS) is 17.9. The van der Waals surface area contributed by atoms with Crippen molar-refractivity contribution >= 4 is 29.3 Å². The van der Waals surface area contributed by atoms with Crippen molar-refractivity contribution in [3.63, 3.8) is 0 Å². The molecule has 0 saturated carbocycles. The number of hydrogen-bond donors (Lipinski definition) is 2. The van der Waals surface area contributed by atoms with Gasteiger partial charge in [-0.3, -0.25) is 9.59 Å². The van der Waals surface area contributed by atoms with Gasteiger partial charge in [-0.2, -0.15) is 0 Å². The van der Waals surface area contributed by atoms with E-state index in [-0.39, 0.29) is 11.8 Å². The van der Waals surface area contributed by atoms with Crippen LogP contribution in [0.3, 0.4) is 0 Å². The largest absolute Gasteiger partial charge is 0.487 e. The Labute approximate surface area is 176 Å². The topological polar surface area (TPSA) is 73.9 Å². The van der Waals surface area contributed by atoms with Gasteiger partial charge in [-0.15, -0.1) is 11.8 Å². The number of aryl methyl sites for hydroxylation is 1. The van der Waals surface area contributed by atoms with Gasteiger partial charge in [-0.25, -0.2) is 0 Å². The number of ether oxygens (including phenoxy) is 1. The van der Waals surface area contributed by atoms with Crippen LogP contribution < -0.4 is 10.6 Å². The van der Waals surface area contributed by atoms with Crippen LogP contribution in [-0.4, -0.2) is 80.3 Å². The van der Waals surface area contributed by atoms with Gasteiger partial charge in [-0.1, -0.05) is 6.07 Å². The molecule has 0 radical (unpaired) electrons. The van der Waals surface area contributed by atoms with E-state index in [1.165, 1.54) is 0 Å². The predicted molar refractivity (Wildman–Crippen MR) is 117 cm³/mol. The standard InChI is InChI=1S/C21H30N4O3S/c1-16-4-5-17(14-18(16)23-21(27)19-15-29-13-12-28-19)20(26)22-6-3-7-25-10-8-24(2)9-11-25/h4-5,14-15H,3,6-13H2,1-2H3,(H,22,26)(H,23,27). The van der Waals surface area contributed by atoms with Crippen LogP contribution in [0.15, 0.2) is 29.4 Å². The lowest BCUT2D eigenvalue weighted by molar-refractivity contribution is -0.116. The number of carbonyl (C=O) groups is 2. The molecule has 1 aromatic carbocycles. The molecule has 0 aliphatic carbocycles. The summed E-state index contributed by atoms with van der Waals surface area (Å²) in [6, 6.07) is 5.35. The molecule has 1 saturated heterocycles. The minimum absolute atomic E-state index is 0.123. The predicted octanol–water partition coefficient (Wildman–Crippen LogP) is 1.91. The molecule has 2 amide bonds. The van der Waals surface area contributed by atoms with Crippen LogP contribution in [0.1, 0.15) is 22.3 Å². The lowest BCUT2D eigenvalue weighted by atomic mass is 10.1. The number of likely N-dealkylation sites (N-methyl/N-ethyl adjacent to an activating group) is 1. The summed E-state index contributed by atoms with van der Waals surface area (Å²) in [5, 5.41) is 7.56. The third-order valence-electron chi connectivity index (χ3n) is 5.15. The van der Waals surface area contributed by atoms with Crippen molar-refractivity contribution < 1.29 is 14.3 Å². The quantitative estimate of drug-likeness (QED) is 0.659. The summed E-state index contributed by atoms with van der Waals surface area (Å²) in [5.41, 5.74) is 2.06. The summed E-state index contributed by atoms with van der Waals surface area (Å²) in [7, 11) is 2.15. The molecule has 3 rings (SSSR count). The molecule has 2 heterocycles. The number of piperazine rings is 1. The van der Waals surface area contributed by atoms with Crippen molar-refractivity contribution in [1.29, 1.82) is 0 Å². The van der Waals surface area contributed by atoms with Crippen molar-refractivity contribution in [3.8, 4) is 0 Å². The maximum Gasteiger partial charge on any atom is 0.291 e. The van der Waals surface area contributed by atoms with Crippen LogP contribution in [0.2, 0.25) is 0 Å². The zero-order valence-electron chi connectivity index (χ0n) is 17.2. The highest BCUT2D eigenvalue weighted by molar-refractivity contribution is 8.02. The van der Waals surface area contributed by atoms with Gasteiger partial charge in [0, 0.05) is 55.1 Å². The van der Waals surface area contributed by atoms with E-state index >= 15 is 0 Å². The summed E-state index contributed by atoms with van der Waals surface area (Å²) in [4.78, 5) is 29.6. The molecular formula is C21H30N4O3S. The molecule has 0 spiro atoms. The zero-order chi connectivity index (χ0) is 20.6. The van der Waals surface area contributed by atoms with Crippen LogP contribution in [0.25, 0.3) is 0 Å². The number of thioether (sulfide) groups is 1. The Hall–Kier alpha value is -2.03. The Balaban J connectivity index is 1.48. The second-order valence-corrected chi connectivity index (χ2v) is 8.42. The number of nitrogens with zero attached hydrogens (tertiary/aromatic N) is 2. The van der Waals surface area contributed by atoms with Crippen LogP contribution in [0.4, 0.5) is 5.69 Å². The molecule has 0 bridgehead atoms. The van der Waals surface area contributed by atoms with Crippen LogP contribution in [0.5, 0.6) is 0 Å². The van der Waals surface area contributed by atoms with E-state index in [9.17, 15) is 9.59 Å². The average Bonchev–Trinajstić information content (AvgIpc) is 2.74. The van der Waals surface area contributed by atoms with Crippen LogP contribution in [0, 0.1) is 6.92 Å². The highest BCUT2D eigenvalue weighted by Gasteiger charge is 2.17. The first-order chi connectivity index (χ1) is 14.0. The molecular weight excluding hydrogens is 388 g/mol. The maximum atomic E-state index is 12.5. The SMILES string of the molecule is Cc1ccc(C(=O)NCCCN2CCN(C)CC2)cc1NC(=O)C1=CSCCO1. The van der Waals surface area contributed by atoms with Gasteiger partial charge in [0.25, 0.3) is 11.8 Å². The number of rotatable bonds is 7. The van der Waals surface area contributed by atoms with Crippen LogP contribution >= 0.6 is 11.8 Å². The number of anilines is 1. The molecule has 0 unspecified atom stereocenters. The molecule has 0 atom stereocenters. The Morgan fingerprint density at radius 3 is 2.69 bits per heavy atom. The molecule has 1 fully saturated rings. The summed E-state index contributed by atoms with van der Waals surface area (Å²) in [6.45, 7) is 8.44. The van der Waals surface area contributed by atoms with Crippen molar-refractivity contribution in [2.24, 2.45) is 0 Å². The van der Waals surface area contributed by atoms with Gasteiger partial charge in [0.05, 0.1) is 6.61 Å². The van der Waals surface area contributed by atoms with Gasteiger partial charge in [0.2, 0.25) is 0 Å². The van der Waals surface area contributed by atoms with Gasteiger partial charge in [-0.05, 0) is 44.6 Å². The van der Waals surface area contributed by atoms with Crippen LogP contribution in [-0.2, 0) is 9.53 Å². The molecule has 29 heavy (non-hydrogen) atoms. The van der Waals surface area contributed by atoms with Gasteiger partial charge in [0.15, 0.2) is 5.76 Å². The fraction of sp³-hybridized carbons (Fsp3) is 0.524. The van der Waals surface area contributed by atoms with Crippen molar-refractivity contribution in [1.82, 2.24) is 15.1 Å². The zero-order valence-corrected chi connectivity index (χ0v) is 18.0. The highest BCUT2D eigenvalue weighted by Crippen LogP contribution is 2.20. The molecule has 158 valence electrons. The molecule has 7 nitrogen and oxygen atoms in total. The van der Waals surface area contributed by atoms with E-state index in [0.29, 0.717) is 30.2 Å². The van der Waals surface area contributed by atoms with Crippen molar-refractivity contribution in [2.45, 2.75) is 13.3 Å². The number of nitrogens with one attached hydrogen (secondary N) is 2. The first kappa shape index (κ1) is 21.7. The second kappa shape index (κ2) is 10.7. The minimum atomic E-state index is -0.287. The molecule has 8 heteroatoms. The van der Waals surface area contributed by atoms with E-state index in [0.717, 1.165) is 50.5 Å². The Morgan fingerprint density at radius 2 is 1.97 bits per heavy atom. The number of carbonyl (C=O) groups excluding carboxylic acids is 2. The minimum Gasteiger partial charge on any atom is -0.487 e. The molecule has 2 aliphatic heterocycles. The van der Waals surface area contributed by atoms with Crippen molar-refractivity contribution in [3.05, 3.63) is 40.5 Å². The van der Waals surface area contributed by atoms with Gasteiger partial charge in [0.1, 0.15) is 0 Å². The summed E-state index contributed by atoms with van der Waals surface area (Å²) in [6.07, 6.45) is 0.925. The Bertz CT molecular complexity index is 760. The average molecular weight is 419 g/mol. The third kappa shape index (κ3) is 6.48. The Morgan fingerprint density at radius 1 is 1.17 bits per heavy atom. The fourth-order valence-corrected chi connectivity index (χ4v) is 3.87. The summed E-state index contributed by atoms with van der Waals surface area (Å²) in [5.74, 6) is 0.757. The number of hydrogen-bond acceptors (Lipinski definition) is 6. The maximum absolute atomic E-state index is 12.5. The monoisotopic (exact) mass is 418 g/mol. The molecule has 2 aliphatic rings. The highest BCUT2D eigenvalue weighted by atomic mass is 32.2. The second-order valence-electron chi connectivity index (χ2n) is 7.44. The van der Waals surface area contributed by atoms with Gasteiger partial charge < -0.3 is 25.2 Å². The lowest BCUT2D eigenvalue weighted by Gasteiger charge is -2.32. The van der Waals surface area contributed by atoms with Crippen molar-refractivity contribution in [2.75, 3.05) is 64.0 Å². The first-order valence-electron chi connectivity index (χ1n) is 10.1. The Kier molecular flexibility index (Phi) is 7.97. The summed E-state index contributed by atoms with van der Waals surface area (Å²) >= 11 is 1.56. The van der Waals surface area contributed by atoms with Gasteiger partial charge >= 0.3 is 0 Å². The molecule has 2 N–H and O–H groups in total. The number of amides is 2. The summed E-state index contributed by atoms with van der Waals surface area (Å²) < 4.78 is 5.39. The fourth-order valence-electron chi connectivity index (χ4n) is 3.25. The molecule has 0 aromatic heterocycles. The van der Waals surface area contributed by atoms with E-state index < -0.39 is 0 Å². The molecule has 1 aromatic rings. The third-order valence-corrected chi connectivity index (χ3v) is 5.94. The van der Waals surface area contributed by atoms with E-state index in [4.69, 9.17) is 4.74 Å². The number of benzene rings is 1. The van der Waals surface area contributed by atoms with E-state index in [2.05, 4.69) is 27.5 Å². The van der Waals surface area contributed by atoms with E-state index in [1.54, 1.807) is 29.3 Å².